The van der Waals surface area contributed by atoms with Gasteiger partial charge < -0.3 is 0 Å². The predicted octanol–water partition coefficient (Wildman–Crippen LogP) is 3.57. The predicted molar refractivity (Wildman–Crippen MR) is 80.1 cm³/mol. The van der Waals surface area contributed by atoms with Crippen LogP contribution < -0.4 is 0 Å². The highest BCUT2D eigenvalue weighted by Gasteiger charge is 2.10. The lowest BCUT2D eigenvalue weighted by Gasteiger charge is -1.99. The fraction of sp³-hybridized carbons (Fsp3) is 0.0714. The molecule has 0 aliphatic carbocycles. The summed E-state index contributed by atoms with van der Waals surface area (Å²) in [7, 11) is -3.63. The van der Waals surface area contributed by atoms with Crippen LogP contribution in [0.3, 0.4) is 0 Å². The van der Waals surface area contributed by atoms with E-state index in [2.05, 4.69) is 20.3 Å². The SMILES string of the molecule is Cc1ccc(S(=O)(=O)N=Cc2cccc(Br)c2)cc1. The van der Waals surface area contributed by atoms with Crippen LogP contribution in [-0.4, -0.2) is 14.6 Å². The quantitative estimate of drug-likeness (QED) is 0.804. The Morgan fingerprint density at radius 3 is 2.42 bits per heavy atom. The van der Waals surface area contributed by atoms with Crippen LogP contribution >= 0.6 is 15.9 Å². The molecule has 0 bridgehead atoms. The molecule has 19 heavy (non-hydrogen) atoms. The van der Waals surface area contributed by atoms with Gasteiger partial charge in [0, 0.05) is 10.7 Å². The van der Waals surface area contributed by atoms with Gasteiger partial charge >= 0.3 is 0 Å². The third kappa shape index (κ3) is 3.75. The van der Waals surface area contributed by atoms with Gasteiger partial charge in [0.25, 0.3) is 10.0 Å². The minimum atomic E-state index is -3.63. The average Bonchev–Trinajstić information content (AvgIpc) is 2.37. The summed E-state index contributed by atoms with van der Waals surface area (Å²) in [6.45, 7) is 1.90. The average molecular weight is 338 g/mol. The van der Waals surface area contributed by atoms with Gasteiger partial charge in [0.05, 0.1) is 4.90 Å². The van der Waals surface area contributed by atoms with Crippen LogP contribution in [0.15, 0.2) is 62.3 Å². The van der Waals surface area contributed by atoms with E-state index in [1.54, 1.807) is 36.4 Å². The topological polar surface area (TPSA) is 46.5 Å². The zero-order valence-corrected chi connectivity index (χ0v) is 12.6. The molecule has 0 aliphatic rings. The van der Waals surface area contributed by atoms with Crippen LogP contribution in [0, 0.1) is 6.92 Å². The van der Waals surface area contributed by atoms with Gasteiger partial charge in [-0.2, -0.15) is 12.8 Å². The van der Waals surface area contributed by atoms with E-state index in [0.29, 0.717) is 0 Å². The van der Waals surface area contributed by atoms with Gasteiger partial charge in [-0.15, -0.1) is 0 Å². The molecule has 0 aromatic heterocycles. The number of hydrogen-bond acceptors (Lipinski definition) is 2. The highest BCUT2D eigenvalue weighted by atomic mass is 79.9. The molecule has 3 nitrogen and oxygen atoms in total. The van der Waals surface area contributed by atoms with Crippen molar-refractivity contribution in [1.82, 2.24) is 0 Å². The summed E-state index contributed by atoms with van der Waals surface area (Å²) in [5.74, 6) is 0. The minimum Gasteiger partial charge on any atom is -0.199 e. The van der Waals surface area contributed by atoms with Gasteiger partial charge in [-0.05, 0) is 36.8 Å². The van der Waals surface area contributed by atoms with Gasteiger partial charge in [0.1, 0.15) is 0 Å². The Labute approximate surface area is 121 Å². The molecule has 0 heterocycles. The van der Waals surface area contributed by atoms with Crippen LogP contribution in [0.1, 0.15) is 11.1 Å². The molecule has 0 spiro atoms. The van der Waals surface area contributed by atoms with Crippen LogP contribution in [-0.2, 0) is 10.0 Å². The number of hydrogen-bond donors (Lipinski definition) is 0. The lowest BCUT2D eigenvalue weighted by molar-refractivity contribution is 0.598. The van der Waals surface area contributed by atoms with Gasteiger partial charge in [-0.1, -0.05) is 45.8 Å². The molecule has 0 radical (unpaired) electrons. The zero-order valence-electron chi connectivity index (χ0n) is 10.2. The summed E-state index contributed by atoms with van der Waals surface area (Å²) < 4.78 is 28.6. The lowest BCUT2D eigenvalue weighted by atomic mass is 10.2. The second kappa shape index (κ2) is 5.67. The van der Waals surface area contributed by atoms with Crippen molar-refractivity contribution in [3.8, 4) is 0 Å². The molecule has 0 aliphatic heterocycles. The van der Waals surface area contributed by atoms with Crippen molar-refractivity contribution in [3.05, 3.63) is 64.1 Å². The maximum Gasteiger partial charge on any atom is 0.282 e. The molecule has 0 fully saturated rings. The first-order chi connectivity index (χ1) is 8.97. The summed E-state index contributed by atoms with van der Waals surface area (Å²) in [6, 6.07) is 13.9. The second-order valence-electron chi connectivity index (χ2n) is 4.08. The molecule has 0 amide bonds. The smallest absolute Gasteiger partial charge is 0.199 e. The van der Waals surface area contributed by atoms with Gasteiger partial charge in [0.2, 0.25) is 0 Å². The Morgan fingerprint density at radius 1 is 1.11 bits per heavy atom. The van der Waals surface area contributed by atoms with Crippen molar-refractivity contribution < 1.29 is 8.42 Å². The van der Waals surface area contributed by atoms with Crippen molar-refractivity contribution >= 4 is 32.2 Å². The Morgan fingerprint density at radius 2 is 1.79 bits per heavy atom. The van der Waals surface area contributed by atoms with Gasteiger partial charge in [-0.3, -0.25) is 0 Å². The van der Waals surface area contributed by atoms with Crippen LogP contribution in [0.25, 0.3) is 0 Å². The third-order valence-electron chi connectivity index (χ3n) is 2.51. The number of sulfonamides is 1. The molecule has 2 aromatic carbocycles. The first-order valence-electron chi connectivity index (χ1n) is 5.60. The fourth-order valence-corrected chi connectivity index (χ4v) is 2.77. The van der Waals surface area contributed by atoms with Gasteiger partial charge in [0.15, 0.2) is 0 Å². The van der Waals surface area contributed by atoms with Crippen LogP contribution in [0.2, 0.25) is 0 Å². The molecule has 0 saturated carbocycles. The Balaban J connectivity index is 2.29. The van der Waals surface area contributed by atoms with E-state index >= 15 is 0 Å². The first kappa shape index (κ1) is 14.0. The summed E-state index contributed by atoms with van der Waals surface area (Å²) in [5.41, 5.74) is 1.74. The maximum atomic E-state index is 12.0. The molecule has 5 heteroatoms. The number of rotatable bonds is 3. The monoisotopic (exact) mass is 337 g/mol. The molecule has 0 unspecified atom stereocenters. The fourth-order valence-electron chi connectivity index (χ4n) is 1.49. The zero-order chi connectivity index (χ0) is 13.9. The number of nitrogens with zero attached hydrogens (tertiary/aromatic N) is 1. The summed E-state index contributed by atoms with van der Waals surface area (Å²) in [4.78, 5) is 0.198. The molecule has 98 valence electrons. The summed E-state index contributed by atoms with van der Waals surface area (Å²) >= 11 is 3.32. The number of aryl methyl sites for hydroxylation is 1. The minimum absolute atomic E-state index is 0.198. The highest BCUT2D eigenvalue weighted by Crippen LogP contribution is 2.14. The van der Waals surface area contributed by atoms with E-state index in [4.69, 9.17) is 0 Å². The second-order valence-corrected chi connectivity index (χ2v) is 6.63. The largest absolute Gasteiger partial charge is 0.282 e. The Hall–Kier alpha value is -1.46. The molecule has 2 aromatic rings. The van der Waals surface area contributed by atoms with Crippen molar-refractivity contribution in [3.63, 3.8) is 0 Å². The van der Waals surface area contributed by atoms with E-state index < -0.39 is 10.0 Å². The number of benzene rings is 2. The normalized spacial score (nSPS) is 11.9. The van der Waals surface area contributed by atoms with Crippen molar-refractivity contribution in [2.75, 3.05) is 0 Å². The Kier molecular flexibility index (Phi) is 4.17. The highest BCUT2D eigenvalue weighted by molar-refractivity contribution is 9.10. The van der Waals surface area contributed by atoms with Crippen molar-refractivity contribution in [2.24, 2.45) is 4.40 Å². The molecule has 0 N–H and O–H groups in total. The summed E-state index contributed by atoms with van der Waals surface area (Å²) in [6.07, 6.45) is 1.35. The lowest BCUT2D eigenvalue weighted by Crippen LogP contribution is -1.97. The van der Waals surface area contributed by atoms with Crippen molar-refractivity contribution in [2.45, 2.75) is 11.8 Å². The molecular formula is C14H12BrNO2S. The van der Waals surface area contributed by atoms with E-state index in [1.165, 1.54) is 6.21 Å². The molecule has 2 rings (SSSR count). The van der Waals surface area contributed by atoms with Crippen LogP contribution in [0.4, 0.5) is 0 Å². The standard InChI is InChI=1S/C14H12BrNO2S/c1-11-5-7-14(8-6-11)19(17,18)16-10-12-3-2-4-13(15)9-12/h2-10H,1H3. The first-order valence-corrected chi connectivity index (χ1v) is 7.83. The molecule has 0 saturated heterocycles. The maximum absolute atomic E-state index is 12.0. The van der Waals surface area contributed by atoms with E-state index in [9.17, 15) is 8.42 Å². The number of halogens is 1. The van der Waals surface area contributed by atoms with E-state index in [1.807, 2.05) is 19.1 Å². The van der Waals surface area contributed by atoms with Gasteiger partial charge in [-0.25, -0.2) is 0 Å². The van der Waals surface area contributed by atoms with E-state index in [0.717, 1.165) is 15.6 Å². The molecule has 0 atom stereocenters. The molecular weight excluding hydrogens is 326 g/mol. The van der Waals surface area contributed by atoms with E-state index in [-0.39, 0.29) is 4.90 Å². The Bertz CT molecular complexity index is 706. The van der Waals surface area contributed by atoms with Crippen LogP contribution in [0.5, 0.6) is 0 Å². The summed E-state index contributed by atoms with van der Waals surface area (Å²) in [5, 5.41) is 0. The van der Waals surface area contributed by atoms with Crippen molar-refractivity contribution in [1.29, 1.82) is 0 Å². The third-order valence-corrected chi connectivity index (χ3v) is 4.25.